The summed E-state index contributed by atoms with van der Waals surface area (Å²) in [5, 5.41) is 10.3. The van der Waals surface area contributed by atoms with Crippen molar-refractivity contribution < 1.29 is 18.5 Å². The number of benzene rings is 1. The van der Waals surface area contributed by atoms with Crippen LogP contribution < -0.4 is 0 Å². The van der Waals surface area contributed by atoms with Crippen LogP contribution in [0.2, 0.25) is 0 Å². The zero-order valence-corrected chi connectivity index (χ0v) is 7.74. The Kier molecular flexibility index (Phi) is 2.78. The van der Waals surface area contributed by atoms with Gasteiger partial charge in [0, 0.05) is 24.6 Å². The number of non-ortho nitro benzene ring substituents is 1. The third-order valence-corrected chi connectivity index (χ3v) is 1.74. The Hall–Kier alpha value is -1.85. The molecule has 0 saturated carbocycles. The number of rotatable bonds is 3. The number of alkyl halides is 2. The lowest BCUT2D eigenvalue weighted by Crippen LogP contribution is -2.24. The Labute approximate surface area is 83.7 Å². The van der Waals surface area contributed by atoms with Crippen LogP contribution in [0.4, 0.5) is 14.5 Å². The minimum absolute atomic E-state index is 0.242. The molecule has 0 amide bonds. The Balaban J connectivity index is 3.00. The predicted molar refractivity (Wildman–Crippen MR) is 48.0 cm³/mol. The molecule has 0 aliphatic rings. The molecule has 6 heteroatoms. The van der Waals surface area contributed by atoms with Crippen LogP contribution in [-0.2, 0) is 0 Å². The number of hydrogen-bond acceptors (Lipinski definition) is 3. The molecule has 0 N–H and O–H groups in total. The van der Waals surface area contributed by atoms with Gasteiger partial charge in [-0.1, -0.05) is 0 Å². The lowest BCUT2D eigenvalue weighted by Gasteiger charge is -2.07. The summed E-state index contributed by atoms with van der Waals surface area (Å²) in [6.07, 6.45) is 0. The van der Waals surface area contributed by atoms with Crippen LogP contribution in [0, 0.1) is 10.1 Å². The van der Waals surface area contributed by atoms with E-state index in [-0.39, 0.29) is 11.3 Å². The van der Waals surface area contributed by atoms with Gasteiger partial charge in [0.15, 0.2) is 0 Å². The minimum atomic E-state index is -3.46. The number of nitro benzene ring substituents is 1. The first-order valence-electron chi connectivity index (χ1n) is 3.99. The maximum atomic E-state index is 12.6. The van der Waals surface area contributed by atoms with Crippen LogP contribution in [0.25, 0.3) is 0 Å². The van der Waals surface area contributed by atoms with E-state index in [1.165, 1.54) is 0 Å². The predicted octanol–water partition coefficient (Wildman–Crippen LogP) is 2.43. The Morgan fingerprint density at radius 2 is 1.80 bits per heavy atom. The van der Waals surface area contributed by atoms with Crippen molar-refractivity contribution in [1.29, 1.82) is 0 Å². The number of carbonyl (C=O) groups excluding carboxylic acids is 1. The van der Waals surface area contributed by atoms with Gasteiger partial charge in [-0.25, -0.2) is 0 Å². The number of Topliss-reactive ketones (excluding diaryl/α,β-unsaturated/α-hetero) is 1. The molecule has 15 heavy (non-hydrogen) atoms. The molecule has 1 aromatic carbocycles. The summed E-state index contributed by atoms with van der Waals surface area (Å²) < 4.78 is 25.2. The molecule has 0 unspecified atom stereocenters. The largest absolute Gasteiger partial charge is 0.307 e. The highest BCUT2D eigenvalue weighted by Gasteiger charge is 2.33. The van der Waals surface area contributed by atoms with Gasteiger partial charge in [-0.2, -0.15) is 8.78 Å². The van der Waals surface area contributed by atoms with Crippen molar-refractivity contribution in [3.63, 3.8) is 0 Å². The highest BCUT2D eigenvalue weighted by molar-refractivity contribution is 6.01. The molecule has 0 heterocycles. The highest BCUT2D eigenvalue weighted by Crippen LogP contribution is 2.20. The smallest absolute Gasteiger partial charge is 0.287 e. The van der Waals surface area contributed by atoms with Crippen LogP contribution >= 0.6 is 0 Å². The third-order valence-electron chi connectivity index (χ3n) is 1.74. The molecular weight excluding hydrogens is 208 g/mol. The van der Waals surface area contributed by atoms with Crippen molar-refractivity contribution >= 4 is 11.5 Å². The summed E-state index contributed by atoms with van der Waals surface area (Å²) in [6, 6.07) is 4.05. The van der Waals surface area contributed by atoms with Gasteiger partial charge in [0.1, 0.15) is 0 Å². The first-order chi connectivity index (χ1) is 6.82. The molecule has 1 rings (SSSR count). The second-order valence-electron chi connectivity index (χ2n) is 3.02. The maximum absolute atomic E-state index is 12.6. The average molecular weight is 215 g/mol. The van der Waals surface area contributed by atoms with Gasteiger partial charge in [0.25, 0.3) is 5.69 Å². The van der Waals surface area contributed by atoms with Gasteiger partial charge in [0.05, 0.1) is 4.92 Å². The molecule has 0 spiro atoms. The zero-order chi connectivity index (χ0) is 11.6. The van der Waals surface area contributed by atoms with Crippen LogP contribution in [0.3, 0.4) is 0 Å². The van der Waals surface area contributed by atoms with Crippen LogP contribution in [0.5, 0.6) is 0 Å². The first-order valence-corrected chi connectivity index (χ1v) is 3.99. The van der Waals surface area contributed by atoms with Gasteiger partial charge < -0.3 is 0 Å². The van der Waals surface area contributed by atoms with Crippen LogP contribution in [0.1, 0.15) is 17.3 Å². The van der Waals surface area contributed by atoms with Crippen LogP contribution in [0.15, 0.2) is 24.3 Å². The summed E-state index contributed by atoms with van der Waals surface area (Å²) >= 11 is 0. The summed E-state index contributed by atoms with van der Waals surface area (Å²) in [5.41, 5.74) is -0.487. The number of nitrogens with zero attached hydrogens (tertiary/aromatic N) is 1. The molecule has 0 fully saturated rings. The molecule has 4 nitrogen and oxygen atoms in total. The quantitative estimate of drug-likeness (QED) is 0.442. The van der Waals surface area contributed by atoms with E-state index in [0.29, 0.717) is 6.92 Å². The molecule has 0 bridgehead atoms. The summed E-state index contributed by atoms with van der Waals surface area (Å²) in [4.78, 5) is 20.6. The van der Waals surface area contributed by atoms with Crippen molar-refractivity contribution in [2.45, 2.75) is 12.8 Å². The number of halogens is 2. The fourth-order valence-corrected chi connectivity index (χ4v) is 0.988. The van der Waals surface area contributed by atoms with Gasteiger partial charge in [-0.3, -0.25) is 14.9 Å². The molecule has 0 saturated heterocycles. The standard InChI is InChI=1S/C9H7F2NO3/c1-9(10,11)8(13)6-2-4-7(5-3-6)12(14)15/h2-5H,1H3. The summed E-state index contributed by atoms with van der Waals surface area (Å²) in [7, 11) is 0. The molecule has 0 atom stereocenters. The number of nitro groups is 1. The van der Waals surface area contributed by atoms with Gasteiger partial charge in [0.2, 0.25) is 5.78 Å². The normalized spacial score (nSPS) is 11.1. The first kappa shape index (κ1) is 11.2. The van der Waals surface area contributed by atoms with E-state index >= 15 is 0 Å². The molecule has 0 aliphatic carbocycles. The van der Waals surface area contributed by atoms with Crippen molar-refractivity contribution in [3.8, 4) is 0 Å². The fraction of sp³-hybridized carbons (Fsp3) is 0.222. The maximum Gasteiger partial charge on any atom is 0.307 e. The summed E-state index contributed by atoms with van der Waals surface area (Å²) in [5.74, 6) is -4.81. The van der Waals surface area contributed by atoms with Gasteiger partial charge in [-0.15, -0.1) is 0 Å². The third kappa shape index (κ3) is 2.55. The molecule has 80 valence electrons. The monoisotopic (exact) mass is 215 g/mol. The Bertz CT molecular complexity index is 395. The number of hydrogen-bond donors (Lipinski definition) is 0. The molecular formula is C9H7F2NO3. The highest BCUT2D eigenvalue weighted by atomic mass is 19.3. The summed E-state index contributed by atoms with van der Waals surface area (Å²) in [6.45, 7) is 0.483. The topological polar surface area (TPSA) is 60.2 Å². The van der Waals surface area contributed by atoms with Crippen molar-refractivity contribution in [1.82, 2.24) is 0 Å². The van der Waals surface area contributed by atoms with Gasteiger partial charge >= 0.3 is 5.92 Å². The minimum Gasteiger partial charge on any atom is -0.287 e. The lowest BCUT2D eigenvalue weighted by molar-refractivity contribution is -0.384. The zero-order valence-electron chi connectivity index (χ0n) is 7.74. The van der Waals surface area contributed by atoms with Crippen molar-refractivity contribution in [2.75, 3.05) is 0 Å². The second-order valence-corrected chi connectivity index (χ2v) is 3.02. The number of ketones is 1. The van der Waals surface area contributed by atoms with E-state index in [0.717, 1.165) is 24.3 Å². The average Bonchev–Trinajstić information content (AvgIpc) is 2.15. The second kappa shape index (κ2) is 3.72. The van der Waals surface area contributed by atoms with Crippen molar-refractivity contribution in [3.05, 3.63) is 39.9 Å². The Morgan fingerprint density at radius 3 is 2.13 bits per heavy atom. The molecule has 1 aromatic rings. The molecule has 0 aromatic heterocycles. The van der Waals surface area contributed by atoms with E-state index in [1.54, 1.807) is 0 Å². The van der Waals surface area contributed by atoms with Crippen molar-refractivity contribution in [2.24, 2.45) is 0 Å². The van der Waals surface area contributed by atoms with E-state index in [1.807, 2.05) is 0 Å². The van der Waals surface area contributed by atoms with E-state index < -0.39 is 16.6 Å². The Morgan fingerprint density at radius 1 is 1.33 bits per heavy atom. The van der Waals surface area contributed by atoms with Crippen LogP contribution in [-0.4, -0.2) is 16.6 Å². The van der Waals surface area contributed by atoms with Gasteiger partial charge in [-0.05, 0) is 12.1 Å². The van der Waals surface area contributed by atoms with E-state index in [2.05, 4.69) is 0 Å². The fourth-order valence-electron chi connectivity index (χ4n) is 0.988. The SMILES string of the molecule is CC(F)(F)C(=O)c1ccc([N+](=O)[O-])cc1. The number of carbonyl (C=O) groups is 1. The molecule has 0 aliphatic heterocycles. The lowest BCUT2D eigenvalue weighted by atomic mass is 10.1. The molecule has 0 radical (unpaired) electrons. The van der Waals surface area contributed by atoms with E-state index in [9.17, 15) is 23.7 Å². The van der Waals surface area contributed by atoms with E-state index in [4.69, 9.17) is 0 Å².